The van der Waals surface area contributed by atoms with Gasteiger partial charge in [-0.2, -0.15) is 0 Å². The van der Waals surface area contributed by atoms with Crippen molar-refractivity contribution in [3.05, 3.63) is 134 Å². The lowest BCUT2D eigenvalue weighted by Crippen LogP contribution is -2.30. The molecule has 0 N–H and O–H groups in total. The van der Waals surface area contributed by atoms with Crippen LogP contribution in [-0.2, 0) is 28.6 Å². The molecule has 0 saturated heterocycles. The SMILES string of the molecule is CC/C=C\C/C=C\C/C=C\C/C=C\C/C=C\C/C=C\C/C=C\C/C=C\C/C=C\CCCCCCCC(=O)OCC(COC(=O)CCCCCCCCCCCCC)OC(=O)CCCCCCC/C=C\C/C=C\CCCC. The van der Waals surface area contributed by atoms with E-state index in [1.165, 1.54) is 70.6 Å². The standard InChI is InChI=1S/C70H114O6/c1-4-7-10-13-16-19-22-24-26-27-28-29-30-31-32-33-34-35-36-37-38-39-40-41-42-43-44-46-48-51-54-57-60-63-69(72)75-66-67(65-74-68(71)62-59-56-53-50-47-21-18-15-12-9-6-3)76-70(73)64-61-58-55-52-49-45-25-23-20-17-14-11-8-5-2/h7,10,14,16-17,19,23-26,28-29,31-32,34-35,37-38,40-41,43-44,67H,4-6,8-9,11-13,15,18,20-22,27,30,33,36,39,42,45-66H2,1-3H3/b10-7-,17-14-,19-16-,25-23-,26-24-,29-28-,32-31-,35-34-,38-37-,41-40-,44-43-. The predicted octanol–water partition coefficient (Wildman–Crippen LogP) is 21.4. The normalized spacial score (nSPS) is 13.0. The molecule has 0 aromatic rings. The summed E-state index contributed by atoms with van der Waals surface area (Å²) in [5.41, 5.74) is 0. The van der Waals surface area contributed by atoms with E-state index in [2.05, 4.69) is 154 Å². The third-order valence-corrected chi connectivity index (χ3v) is 12.9. The molecule has 430 valence electrons. The number of carbonyl (C=O) groups excluding carboxylic acids is 3. The molecule has 1 unspecified atom stereocenters. The molecule has 0 aromatic heterocycles. The molecule has 0 aromatic carbocycles. The van der Waals surface area contributed by atoms with Crippen LogP contribution in [0.25, 0.3) is 0 Å². The van der Waals surface area contributed by atoms with Crippen LogP contribution in [0.5, 0.6) is 0 Å². The molecule has 76 heavy (non-hydrogen) atoms. The number of hydrogen-bond acceptors (Lipinski definition) is 6. The average Bonchev–Trinajstić information content (AvgIpc) is 3.42. The minimum atomic E-state index is -0.795. The monoisotopic (exact) mass is 1050 g/mol. The maximum absolute atomic E-state index is 12.8. The zero-order chi connectivity index (χ0) is 55.0. The van der Waals surface area contributed by atoms with Gasteiger partial charge >= 0.3 is 17.9 Å². The molecule has 0 rings (SSSR count). The number of unbranched alkanes of at least 4 members (excludes halogenated alkanes) is 22. The Labute approximate surface area is 468 Å². The highest BCUT2D eigenvalue weighted by atomic mass is 16.6. The molecule has 0 aliphatic carbocycles. The largest absolute Gasteiger partial charge is 0.462 e. The number of carbonyl (C=O) groups is 3. The summed E-state index contributed by atoms with van der Waals surface area (Å²) in [6.07, 6.45) is 88.8. The minimum Gasteiger partial charge on any atom is -0.462 e. The van der Waals surface area contributed by atoms with Gasteiger partial charge in [-0.25, -0.2) is 0 Å². The van der Waals surface area contributed by atoms with Crippen LogP contribution in [-0.4, -0.2) is 37.2 Å². The van der Waals surface area contributed by atoms with Crippen molar-refractivity contribution in [3.63, 3.8) is 0 Å². The van der Waals surface area contributed by atoms with E-state index in [0.717, 1.165) is 161 Å². The summed E-state index contributed by atoms with van der Waals surface area (Å²) < 4.78 is 16.8. The van der Waals surface area contributed by atoms with Crippen molar-refractivity contribution < 1.29 is 28.6 Å². The van der Waals surface area contributed by atoms with Gasteiger partial charge in [0.15, 0.2) is 6.10 Å². The Bertz CT molecular complexity index is 1630. The molecular weight excluding hydrogens is 937 g/mol. The van der Waals surface area contributed by atoms with Gasteiger partial charge in [-0.05, 0) is 116 Å². The molecule has 0 aliphatic rings. The minimum absolute atomic E-state index is 0.0909. The first kappa shape index (κ1) is 71.5. The summed E-state index contributed by atoms with van der Waals surface area (Å²) >= 11 is 0. The molecule has 0 radical (unpaired) electrons. The zero-order valence-corrected chi connectivity index (χ0v) is 49.2. The summed E-state index contributed by atoms with van der Waals surface area (Å²) in [5.74, 6) is -0.926. The van der Waals surface area contributed by atoms with E-state index in [1.807, 2.05) is 0 Å². The first-order chi connectivity index (χ1) is 37.5. The van der Waals surface area contributed by atoms with Crippen LogP contribution in [0.1, 0.15) is 271 Å². The Morgan fingerprint density at radius 1 is 0.276 bits per heavy atom. The number of rotatable bonds is 55. The fourth-order valence-electron chi connectivity index (χ4n) is 8.22. The van der Waals surface area contributed by atoms with Crippen LogP contribution in [0.15, 0.2) is 134 Å². The second-order valence-electron chi connectivity index (χ2n) is 20.2. The maximum Gasteiger partial charge on any atom is 0.306 e. The molecular formula is C70H114O6. The second-order valence-corrected chi connectivity index (χ2v) is 20.2. The van der Waals surface area contributed by atoms with Crippen LogP contribution in [0.3, 0.4) is 0 Å². The van der Waals surface area contributed by atoms with E-state index in [-0.39, 0.29) is 31.1 Å². The van der Waals surface area contributed by atoms with Crippen molar-refractivity contribution in [2.75, 3.05) is 13.2 Å². The molecule has 1 atom stereocenters. The fraction of sp³-hybridized carbons (Fsp3) is 0.643. The van der Waals surface area contributed by atoms with Crippen molar-refractivity contribution >= 4 is 17.9 Å². The Hall–Kier alpha value is -4.45. The van der Waals surface area contributed by atoms with Crippen LogP contribution < -0.4 is 0 Å². The van der Waals surface area contributed by atoms with Crippen molar-refractivity contribution in [1.82, 2.24) is 0 Å². The third-order valence-electron chi connectivity index (χ3n) is 12.9. The van der Waals surface area contributed by atoms with Crippen molar-refractivity contribution in [2.45, 2.75) is 277 Å². The number of hydrogen-bond donors (Lipinski definition) is 0. The molecule has 0 bridgehead atoms. The van der Waals surface area contributed by atoms with E-state index in [0.29, 0.717) is 19.3 Å². The molecule has 0 amide bonds. The average molecular weight is 1050 g/mol. The van der Waals surface area contributed by atoms with Gasteiger partial charge < -0.3 is 14.2 Å². The van der Waals surface area contributed by atoms with Gasteiger partial charge in [0.05, 0.1) is 0 Å². The summed E-state index contributed by atoms with van der Waals surface area (Å²) in [5, 5.41) is 0. The quantitative estimate of drug-likeness (QED) is 0.0261. The lowest BCUT2D eigenvalue weighted by molar-refractivity contribution is -0.167. The summed E-state index contributed by atoms with van der Waals surface area (Å²) in [4.78, 5) is 38.1. The molecule has 0 heterocycles. The number of ether oxygens (including phenoxy) is 3. The van der Waals surface area contributed by atoms with Crippen LogP contribution >= 0.6 is 0 Å². The van der Waals surface area contributed by atoms with Gasteiger partial charge in [-0.15, -0.1) is 0 Å². The highest BCUT2D eigenvalue weighted by Gasteiger charge is 2.19. The smallest absolute Gasteiger partial charge is 0.306 e. The topological polar surface area (TPSA) is 78.9 Å². The molecule has 0 fully saturated rings. The fourth-order valence-corrected chi connectivity index (χ4v) is 8.22. The number of allylic oxidation sites excluding steroid dienone is 22. The lowest BCUT2D eigenvalue weighted by atomic mass is 10.1. The molecule has 6 heteroatoms. The van der Waals surface area contributed by atoms with E-state index in [1.54, 1.807) is 0 Å². The highest BCUT2D eigenvalue weighted by Crippen LogP contribution is 2.15. The van der Waals surface area contributed by atoms with Gasteiger partial charge in [-0.1, -0.05) is 270 Å². The van der Waals surface area contributed by atoms with Gasteiger partial charge in [0, 0.05) is 19.3 Å². The number of esters is 3. The van der Waals surface area contributed by atoms with Crippen molar-refractivity contribution in [2.24, 2.45) is 0 Å². The third kappa shape index (κ3) is 60.4. The molecule has 0 saturated carbocycles. The van der Waals surface area contributed by atoms with Crippen LogP contribution in [0.4, 0.5) is 0 Å². The Balaban J connectivity index is 4.29. The van der Waals surface area contributed by atoms with E-state index in [9.17, 15) is 14.4 Å². The summed E-state index contributed by atoms with van der Waals surface area (Å²) in [6, 6.07) is 0. The first-order valence-corrected chi connectivity index (χ1v) is 31.2. The van der Waals surface area contributed by atoms with E-state index < -0.39 is 6.10 Å². The highest BCUT2D eigenvalue weighted by molar-refractivity contribution is 5.71. The van der Waals surface area contributed by atoms with Crippen molar-refractivity contribution in [3.8, 4) is 0 Å². The summed E-state index contributed by atoms with van der Waals surface area (Å²) in [6.45, 7) is 6.45. The first-order valence-electron chi connectivity index (χ1n) is 31.2. The van der Waals surface area contributed by atoms with E-state index in [4.69, 9.17) is 14.2 Å². The van der Waals surface area contributed by atoms with Gasteiger partial charge in [0.1, 0.15) is 13.2 Å². The van der Waals surface area contributed by atoms with Gasteiger partial charge in [0.2, 0.25) is 0 Å². The molecule has 0 spiro atoms. The van der Waals surface area contributed by atoms with Crippen LogP contribution in [0.2, 0.25) is 0 Å². The van der Waals surface area contributed by atoms with Crippen LogP contribution in [0, 0.1) is 0 Å². The molecule has 6 nitrogen and oxygen atoms in total. The van der Waals surface area contributed by atoms with Crippen molar-refractivity contribution in [1.29, 1.82) is 0 Å². The molecule has 0 aliphatic heterocycles. The Morgan fingerprint density at radius 2 is 0.526 bits per heavy atom. The van der Waals surface area contributed by atoms with Gasteiger partial charge in [-0.3, -0.25) is 14.4 Å². The van der Waals surface area contributed by atoms with Gasteiger partial charge in [0.25, 0.3) is 0 Å². The maximum atomic E-state index is 12.8. The predicted molar refractivity (Wildman–Crippen MR) is 329 cm³/mol. The lowest BCUT2D eigenvalue weighted by Gasteiger charge is -2.18. The second kappa shape index (κ2) is 63.1. The Morgan fingerprint density at radius 3 is 0.842 bits per heavy atom. The van der Waals surface area contributed by atoms with E-state index >= 15 is 0 Å². The summed E-state index contributed by atoms with van der Waals surface area (Å²) in [7, 11) is 0. The Kier molecular flexibility index (Phi) is 59.4. The zero-order valence-electron chi connectivity index (χ0n) is 49.2.